The van der Waals surface area contributed by atoms with Crippen molar-refractivity contribution in [2.24, 2.45) is 5.92 Å². The summed E-state index contributed by atoms with van der Waals surface area (Å²) >= 11 is 0. The maximum Gasteiger partial charge on any atom is 0.130 e. The van der Waals surface area contributed by atoms with Crippen LogP contribution in [-0.4, -0.2) is 12.9 Å². The van der Waals surface area contributed by atoms with E-state index < -0.39 is 0 Å². The lowest BCUT2D eigenvalue weighted by Gasteiger charge is -2.09. The maximum atomic E-state index is 11.1. The summed E-state index contributed by atoms with van der Waals surface area (Å²) in [5.41, 5.74) is 3.20. The van der Waals surface area contributed by atoms with E-state index in [0.29, 0.717) is 12.3 Å². The van der Waals surface area contributed by atoms with E-state index in [1.165, 1.54) is 5.56 Å². The molecule has 1 atom stereocenters. The minimum absolute atomic E-state index is 0.250. The van der Waals surface area contributed by atoms with Crippen LogP contribution in [0.5, 0.6) is 5.75 Å². The number of ether oxygens (including phenoxy) is 1. The molecule has 23 heavy (non-hydrogen) atoms. The molecule has 0 aliphatic heterocycles. The number of benzene rings is 2. The fourth-order valence-corrected chi connectivity index (χ4v) is 2.51. The maximum absolute atomic E-state index is 11.1. The van der Waals surface area contributed by atoms with E-state index in [4.69, 9.17) is 4.74 Å². The van der Waals surface area contributed by atoms with Crippen LogP contribution in [0.1, 0.15) is 37.0 Å². The molecule has 2 nitrogen and oxygen atoms in total. The first-order chi connectivity index (χ1) is 11.1. The Morgan fingerprint density at radius 3 is 2.00 bits per heavy atom. The van der Waals surface area contributed by atoms with Crippen molar-refractivity contribution in [1.29, 1.82) is 0 Å². The molecule has 0 amide bonds. The lowest BCUT2D eigenvalue weighted by molar-refractivity contribution is -0.117. The molecule has 0 bridgehead atoms. The van der Waals surface area contributed by atoms with E-state index in [-0.39, 0.29) is 5.78 Å². The third-order valence-corrected chi connectivity index (χ3v) is 3.62. The van der Waals surface area contributed by atoms with Gasteiger partial charge in [0.05, 0.1) is 7.11 Å². The van der Waals surface area contributed by atoms with E-state index >= 15 is 0 Å². The first-order valence-corrected chi connectivity index (χ1v) is 7.81. The van der Waals surface area contributed by atoms with Gasteiger partial charge in [-0.25, -0.2) is 0 Å². The van der Waals surface area contributed by atoms with Crippen LogP contribution in [0.2, 0.25) is 0 Å². The Morgan fingerprint density at radius 2 is 1.52 bits per heavy atom. The molecule has 0 fully saturated rings. The van der Waals surface area contributed by atoms with Gasteiger partial charge in [-0.3, -0.25) is 0 Å². The van der Waals surface area contributed by atoms with Gasteiger partial charge in [0.2, 0.25) is 0 Å². The largest absolute Gasteiger partial charge is 0.497 e. The molecule has 2 rings (SSSR count). The van der Waals surface area contributed by atoms with Crippen LogP contribution in [0.3, 0.4) is 0 Å². The molecule has 0 saturated carbocycles. The first kappa shape index (κ1) is 16.8. The molecule has 0 N–H and O–H groups in total. The lowest BCUT2D eigenvalue weighted by atomic mass is 9.96. The van der Waals surface area contributed by atoms with E-state index in [2.05, 4.69) is 30.9 Å². The molecule has 2 aromatic rings. The SMILES string of the molecule is COc1ccc(C#Cc2ccc(CC(C)CC(C)=O)cc2)cc1. The second kappa shape index (κ2) is 8.19. The van der Waals surface area contributed by atoms with Gasteiger partial charge in [-0.1, -0.05) is 30.9 Å². The Kier molecular flexibility index (Phi) is 6.00. The average molecular weight is 306 g/mol. The van der Waals surface area contributed by atoms with Gasteiger partial charge in [-0.2, -0.15) is 0 Å². The highest BCUT2D eigenvalue weighted by Gasteiger charge is 2.06. The van der Waals surface area contributed by atoms with Crippen molar-refractivity contribution in [1.82, 2.24) is 0 Å². The highest BCUT2D eigenvalue weighted by atomic mass is 16.5. The summed E-state index contributed by atoms with van der Waals surface area (Å²) in [6.07, 6.45) is 1.56. The minimum Gasteiger partial charge on any atom is -0.497 e. The molecule has 0 aromatic heterocycles. The predicted octanol–water partition coefficient (Wildman–Crippen LogP) is 4.25. The number of Topliss-reactive ketones (excluding diaryl/α,β-unsaturated/α-hetero) is 1. The van der Waals surface area contributed by atoms with Crippen LogP contribution in [0, 0.1) is 17.8 Å². The zero-order chi connectivity index (χ0) is 16.7. The Morgan fingerprint density at radius 1 is 1.00 bits per heavy atom. The zero-order valence-corrected chi connectivity index (χ0v) is 13.9. The fraction of sp³-hybridized carbons (Fsp3) is 0.286. The van der Waals surface area contributed by atoms with Crippen LogP contribution in [-0.2, 0) is 11.2 Å². The quantitative estimate of drug-likeness (QED) is 0.772. The normalized spacial score (nSPS) is 11.3. The predicted molar refractivity (Wildman–Crippen MR) is 93.6 cm³/mol. The topological polar surface area (TPSA) is 26.3 Å². The minimum atomic E-state index is 0.250. The Balaban J connectivity index is 1.99. The molecule has 118 valence electrons. The van der Waals surface area contributed by atoms with Gasteiger partial charge in [-0.05, 0) is 61.2 Å². The fourth-order valence-electron chi connectivity index (χ4n) is 2.51. The van der Waals surface area contributed by atoms with Crippen molar-refractivity contribution in [3.05, 3.63) is 65.2 Å². The summed E-state index contributed by atoms with van der Waals surface area (Å²) in [7, 11) is 1.65. The summed E-state index contributed by atoms with van der Waals surface area (Å²) in [4.78, 5) is 11.1. The number of carbonyl (C=O) groups is 1. The van der Waals surface area contributed by atoms with E-state index in [0.717, 1.165) is 23.3 Å². The molecule has 2 heteroatoms. The van der Waals surface area contributed by atoms with Gasteiger partial charge in [0.15, 0.2) is 0 Å². The van der Waals surface area contributed by atoms with Crippen molar-refractivity contribution in [2.45, 2.75) is 26.7 Å². The van der Waals surface area contributed by atoms with Crippen LogP contribution in [0.25, 0.3) is 0 Å². The first-order valence-electron chi connectivity index (χ1n) is 7.81. The summed E-state index contributed by atoms with van der Waals surface area (Å²) in [6, 6.07) is 16.0. The molecule has 0 aliphatic carbocycles. The van der Waals surface area contributed by atoms with Crippen molar-refractivity contribution in [2.75, 3.05) is 7.11 Å². The number of hydrogen-bond donors (Lipinski definition) is 0. The van der Waals surface area contributed by atoms with Crippen LogP contribution in [0.15, 0.2) is 48.5 Å². The monoisotopic (exact) mass is 306 g/mol. The standard InChI is InChI=1S/C21H22O2/c1-16(14-17(2)22)15-20-8-6-18(7-9-20)4-5-19-10-12-21(23-3)13-11-19/h6-13,16H,14-15H2,1-3H3. The van der Waals surface area contributed by atoms with E-state index in [9.17, 15) is 4.79 Å². The van der Waals surface area contributed by atoms with Gasteiger partial charge in [0.1, 0.15) is 11.5 Å². The Labute approximate surface area is 138 Å². The van der Waals surface area contributed by atoms with Gasteiger partial charge in [-0.15, -0.1) is 0 Å². The summed E-state index contributed by atoms with van der Waals surface area (Å²) in [6.45, 7) is 3.76. The molecule has 2 aromatic carbocycles. The number of hydrogen-bond acceptors (Lipinski definition) is 2. The lowest BCUT2D eigenvalue weighted by Crippen LogP contribution is -2.04. The molecule has 0 spiro atoms. The summed E-state index contributed by atoms with van der Waals surface area (Å²) < 4.78 is 5.13. The van der Waals surface area contributed by atoms with Crippen molar-refractivity contribution >= 4 is 5.78 Å². The number of methoxy groups -OCH3 is 1. The van der Waals surface area contributed by atoms with Gasteiger partial charge >= 0.3 is 0 Å². The van der Waals surface area contributed by atoms with E-state index in [1.807, 2.05) is 36.4 Å². The molecule has 1 unspecified atom stereocenters. The van der Waals surface area contributed by atoms with E-state index in [1.54, 1.807) is 14.0 Å². The van der Waals surface area contributed by atoms with Gasteiger partial charge < -0.3 is 9.53 Å². The van der Waals surface area contributed by atoms with Gasteiger partial charge in [0, 0.05) is 17.5 Å². The third-order valence-electron chi connectivity index (χ3n) is 3.62. The van der Waals surface area contributed by atoms with Crippen LogP contribution < -0.4 is 4.74 Å². The van der Waals surface area contributed by atoms with Crippen LogP contribution in [0.4, 0.5) is 0 Å². The van der Waals surface area contributed by atoms with Crippen molar-refractivity contribution in [3.8, 4) is 17.6 Å². The molecule has 0 aliphatic rings. The highest BCUT2D eigenvalue weighted by molar-refractivity contribution is 5.75. The number of carbonyl (C=O) groups excluding carboxylic acids is 1. The van der Waals surface area contributed by atoms with Crippen molar-refractivity contribution in [3.63, 3.8) is 0 Å². The summed E-state index contributed by atoms with van der Waals surface area (Å²) in [5, 5.41) is 0. The Bertz CT molecular complexity index is 700. The molecule has 0 saturated heterocycles. The smallest absolute Gasteiger partial charge is 0.130 e. The second-order valence-electron chi connectivity index (χ2n) is 5.89. The molecular weight excluding hydrogens is 284 g/mol. The zero-order valence-electron chi connectivity index (χ0n) is 13.9. The molecule has 0 heterocycles. The molecule has 0 radical (unpaired) electrons. The Hall–Kier alpha value is -2.53. The molecular formula is C21H22O2. The highest BCUT2D eigenvalue weighted by Crippen LogP contribution is 2.14. The van der Waals surface area contributed by atoms with Gasteiger partial charge in [0.25, 0.3) is 0 Å². The number of ketones is 1. The van der Waals surface area contributed by atoms with Crippen molar-refractivity contribution < 1.29 is 9.53 Å². The second-order valence-corrected chi connectivity index (χ2v) is 5.89. The third kappa shape index (κ3) is 5.64. The summed E-state index contributed by atoms with van der Waals surface area (Å²) in [5.74, 6) is 7.78. The number of rotatable bonds is 5. The average Bonchev–Trinajstić information content (AvgIpc) is 2.54. The van der Waals surface area contributed by atoms with Crippen LogP contribution >= 0.6 is 0 Å².